The van der Waals surface area contributed by atoms with E-state index in [2.05, 4.69) is 23.2 Å². The van der Waals surface area contributed by atoms with Crippen molar-refractivity contribution in [2.45, 2.75) is 56.8 Å². The van der Waals surface area contributed by atoms with Crippen molar-refractivity contribution in [2.24, 2.45) is 17.3 Å². The molecule has 0 heterocycles. The summed E-state index contributed by atoms with van der Waals surface area (Å²) in [5, 5.41) is 6.39. The van der Waals surface area contributed by atoms with E-state index in [1.165, 1.54) is 6.92 Å². The quantitative estimate of drug-likeness (QED) is 0.262. The van der Waals surface area contributed by atoms with Crippen LogP contribution in [0.2, 0.25) is 0 Å². The van der Waals surface area contributed by atoms with Crippen molar-refractivity contribution in [3.8, 4) is 0 Å². The largest absolute Gasteiger partial charge is 0.456 e. The van der Waals surface area contributed by atoms with E-state index in [0.717, 1.165) is 6.42 Å². The van der Waals surface area contributed by atoms with E-state index < -0.39 is 34.8 Å². The molecule has 3 fully saturated rings. The van der Waals surface area contributed by atoms with Gasteiger partial charge in [-0.25, -0.2) is 14.4 Å². The number of rotatable bonds is 5. The Kier molecular flexibility index (Phi) is 4.69. The molecule has 0 amide bonds. The van der Waals surface area contributed by atoms with Gasteiger partial charge >= 0.3 is 17.1 Å². The number of halogens is 4. The lowest BCUT2D eigenvalue weighted by Crippen LogP contribution is -2.59. The van der Waals surface area contributed by atoms with Gasteiger partial charge in [-0.15, -0.1) is 4.33 Å². The van der Waals surface area contributed by atoms with E-state index in [0.29, 0.717) is 12.8 Å². The average molecular weight is 362 g/mol. The van der Waals surface area contributed by atoms with E-state index in [1.807, 2.05) is 0 Å². The predicted octanol–water partition coefficient (Wildman–Crippen LogP) is 4.04. The molecule has 3 saturated carbocycles. The maximum absolute atomic E-state index is 14.1. The molecular formula is C13H18F4O5S. The van der Waals surface area contributed by atoms with E-state index in [1.54, 1.807) is 0 Å². The van der Waals surface area contributed by atoms with Crippen molar-refractivity contribution >= 4 is 18.0 Å². The van der Waals surface area contributed by atoms with Crippen LogP contribution >= 0.6 is 12.0 Å². The maximum Gasteiger partial charge on any atom is 0.446 e. The normalized spacial score (nSPS) is 35.1. The number of fused-ring (bicyclic) bond motifs is 2. The number of carbonyl (C=O) groups is 1. The van der Waals surface area contributed by atoms with Gasteiger partial charge in [-0.1, -0.05) is 18.9 Å². The Morgan fingerprint density at radius 3 is 2.09 bits per heavy atom. The molecule has 3 aliphatic rings. The summed E-state index contributed by atoms with van der Waals surface area (Å²) < 4.78 is 61.1. The highest BCUT2D eigenvalue weighted by Crippen LogP contribution is 2.62. The Morgan fingerprint density at radius 1 is 1.17 bits per heavy atom. The second-order valence-electron chi connectivity index (χ2n) is 7.02. The van der Waals surface area contributed by atoms with Crippen molar-refractivity contribution < 1.29 is 41.7 Å². The number of alkyl halides is 4. The summed E-state index contributed by atoms with van der Waals surface area (Å²) in [4.78, 5) is 11.8. The van der Waals surface area contributed by atoms with Gasteiger partial charge in [0, 0.05) is 0 Å². The molecule has 3 aliphatic carbocycles. The smallest absolute Gasteiger partial charge is 0.446 e. The standard InChI is InChI=1S/C13H18F4O5S/c1-10(2)7-4-8(10)6-11(3,5-7)20-9(18)12(14,13(15,16)17)23-22-21-19/h7-8,19H,4-6H2,1-3H3. The molecule has 3 unspecified atom stereocenters. The van der Waals surface area contributed by atoms with Crippen LogP contribution in [-0.4, -0.2) is 28.0 Å². The molecular weight excluding hydrogens is 344 g/mol. The molecule has 3 rings (SSSR count). The third kappa shape index (κ3) is 3.18. The molecule has 3 atom stereocenters. The van der Waals surface area contributed by atoms with Crippen LogP contribution in [0.15, 0.2) is 0 Å². The first-order valence-corrected chi connectivity index (χ1v) is 7.75. The fraction of sp³-hybridized carbons (Fsp3) is 0.923. The van der Waals surface area contributed by atoms with Gasteiger partial charge in [0.05, 0.1) is 12.0 Å². The average Bonchev–Trinajstić information content (AvgIpc) is 2.42. The second-order valence-corrected chi connectivity index (χ2v) is 7.88. The minimum Gasteiger partial charge on any atom is -0.456 e. The lowest BCUT2D eigenvalue weighted by molar-refractivity contribution is -0.433. The number of ether oxygens (including phenoxy) is 1. The first kappa shape index (κ1) is 18.8. The van der Waals surface area contributed by atoms with Crippen LogP contribution in [0.1, 0.15) is 40.0 Å². The molecule has 134 valence electrons. The van der Waals surface area contributed by atoms with Crippen LogP contribution < -0.4 is 0 Å². The fourth-order valence-corrected chi connectivity index (χ4v) is 3.90. The number of hydrogen-bond acceptors (Lipinski definition) is 6. The van der Waals surface area contributed by atoms with Gasteiger partial charge in [0.2, 0.25) is 0 Å². The van der Waals surface area contributed by atoms with E-state index in [-0.39, 0.29) is 17.3 Å². The molecule has 0 aromatic rings. The summed E-state index contributed by atoms with van der Waals surface area (Å²) in [5.74, 6) is -1.69. The lowest BCUT2D eigenvalue weighted by Gasteiger charge is -2.61. The summed E-state index contributed by atoms with van der Waals surface area (Å²) in [5.41, 5.74) is -1.12. The highest BCUT2D eigenvalue weighted by molar-refractivity contribution is 7.96. The highest BCUT2D eigenvalue weighted by Gasteiger charge is 2.67. The van der Waals surface area contributed by atoms with Crippen LogP contribution in [0.5, 0.6) is 0 Å². The zero-order valence-corrected chi connectivity index (χ0v) is 13.6. The van der Waals surface area contributed by atoms with Crippen molar-refractivity contribution in [1.29, 1.82) is 0 Å². The zero-order valence-electron chi connectivity index (χ0n) is 12.8. The van der Waals surface area contributed by atoms with Crippen LogP contribution in [-0.2, 0) is 18.9 Å². The molecule has 2 bridgehead atoms. The molecule has 0 aliphatic heterocycles. The third-order valence-corrected chi connectivity index (χ3v) is 5.93. The molecule has 23 heavy (non-hydrogen) atoms. The highest BCUT2D eigenvalue weighted by atomic mass is 32.2. The van der Waals surface area contributed by atoms with Gasteiger partial charge in [0.15, 0.2) is 0 Å². The second kappa shape index (κ2) is 5.75. The minimum absolute atomic E-state index is 0.0470. The summed E-state index contributed by atoms with van der Waals surface area (Å²) >= 11 is -1.00. The van der Waals surface area contributed by atoms with Gasteiger partial charge in [-0.2, -0.15) is 13.2 Å². The SMILES string of the molecule is CC1(OC(=O)C(F)(SOOO)C(F)(F)F)CC2CC(C1)C2(C)C. The van der Waals surface area contributed by atoms with Gasteiger partial charge < -0.3 is 4.74 Å². The molecule has 0 saturated heterocycles. The number of esters is 1. The van der Waals surface area contributed by atoms with Gasteiger partial charge in [0.1, 0.15) is 5.60 Å². The van der Waals surface area contributed by atoms with Crippen LogP contribution in [0, 0.1) is 17.3 Å². The molecule has 0 aromatic carbocycles. The van der Waals surface area contributed by atoms with Gasteiger partial charge in [0.25, 0.3) is 0 Å². The molecule has 0 radical (unpaired) electrons. The zero-order chi connectivity index (χ0) is 17.7. The van der Waals surface area contributed by atoms with E-state index in [9.17, 15) is 22.4 Å². The Balaban J connectivity index is 2.10. The summed E-state index contributed by atoms with van der Waals surface area (Å²) in [6.07, 6.45) is -3.92. The van der Waals surface area contributed by atoms with Crippen LogP contribution in [0.4, 0.5) is 17.6 Å². The van der Waals surface area contributed by atoms with Gasteiger partial charge in [-0.3, -0.25) is 0 Å². The summed E-state index contributed by atoms with van der Waals surface area (Å²) in [7, 11) is 0. The monoisotopic (exact) mass is 362 g/mol. The molecule has 0 spiro atoms. The number of carbonyl (C=O) groups excluding carboxylic acids is 1. The van der Waals surface area contributed by atoms with Gasteiger partial charge in [-0.05, 0) is 43.4 Å². The summed E-state index contributed by atoms with van der Waals surface area (Å²) in [6, 6.07) is 0. The van der Waals surface area contributed by atoms with Crippen LogP contribution in [0.3, 0.4) is 0 Å². The Hall–Kier alpha value is -0.580. The van der Waals surface area contributed by atoms with Crippen molar-refractivity contribution in [3.63, 3.8) is 0 Å². The third-order valence-electron chi connectivity index (χ3n) is 5.18. The Bertz CT molecular complexity index is 469. The fourth-order valence-electron chi connectivity index (χ4n) is 3.57. The Morgan fingerprint density at radius 2 is 1.70 bits per heavy atom. The van der Waals surface area contributed by atoms with Crippen molar-refractivity contribution in [1.82, 2.24) is 0 Å². The topological polar surface area (TPSA) is 65.0 Å². The van der Waals surface area contributed by atoms with Crippen molar-refractivity contribution in [3.05, 3.63) is 0 Å². The molecule has 0 aromatic heterocycles. The van der Waals surface area contributed by atoms with E-state index in [4.69, 9.17) is 9.99 Å². The van der Waals surface area contributed by atoms with Crippen LogP contribution in [0.25, 0.3) is 0 Å². The number of hydrogen-bond donors (Lipinski definition) is 1. The molecule has 5 nitrogen and oxygen atoms in total. The predicted molar refractivity (Wildman–Crippen MR) is 71.4 cm³/mol. The summed E-state index contributed by atoms with van der Waals surface area (Å²) in [6.45, 7) is 5.62. The molecule has 1 N–H and O–H groups in total. The Labute approximate surface area is 134 Å². The maximum atomic E-state index is 14.1. The minimum atomic E-state index is -5.60. The first-order chi connectivity index (χ1) is 10.4. The molecule has 10 heteroatoms. The first-order valence-electron chi connectivity index (χ1n) is 7.01. The lowest BCUT2D eigenvalue weighted by atomic mass is 9.46. The van der Waals surface area contributed by atoms with Crippen molar-refractivity contribution in [2.75, 3.05) is 0 Å². The van der Waals surface area contributed by atoms with E-state index >= 15 is 0 Å².